The zero-order valence-corrected chi connectivity index (χ0v) is 26.7. The molecule has 238 valence electrons. The number of carbonyl (C=O) groups is 2. The maximum atomic E-state index is 13.7. The number of piperidine rings is 1. The Balaban J connectivity index is 1.20. The van der Waals surface area contributed by atoms with Crippen LogP contribution in [0.4, 0.5) is 16.3 Å². The third-order valence-electron chi connectivity index (χ3n) is 8.59. The Labute approximate surface area is 273 Å². The van der Waals surface area contributed by atoms with Gasteiger partial charge in [-0.05, 0) is 80.8 Å². The van der Waals surface area contributed by atoms with Crippen molar-refractivity contribution in [3.63, 3.8) is 0 Å². The van der Waals surface area contributed by atoms with Crippen LogP contribution in [0.15, 0.2) is 91.4 Å². The summed E-state index contributed by atoms with van der Waals surface area (Å²) in [5.74, 6) is 1.47. The fourth-order valence-corrected chi connectivity index (χ4v) is 6.35. The number of benzene rings is 2. The lowest BCUT2D eigenvalue weighted by Crippen LogP contribution is -2.52. The van der Waals surface area contributed by atoms with Crippen molar-refractivity contribution in [3.8, 4) is 22.5 Å². The molecule has 3 aromatic heterocycles. The van der Waals surface area contributed by atoms with Gasteiger partial charge >= 0.3 is 6.09 Å². The minimum atomic E-state index is -0.649. The summed E-state index contributed by atoms with van der Waals surface area (Å²) in [6.45, 7) is 6.46. The third kappa shape index (κ3) is 6.63. The Hall–Kier alpha value is -5.38. The molecule has 2 fully saturated rings. The van der Waals surface area contributed by atoms with E-state index in [2.05, 4.69) is 38.8 Å². The molecule has 2 aliphatic rings. The molecule has 0 bridgehead atoms. The summed E-state index contributed by atoms with van der Waals surface area (Å²) in [4.78, 5) is 47.2. The number of ether oxygens (including phenoxy) is 1. The maximum absolute atomic E-state index is 13.7. The molecule has 1 saturated carbocycles. The first-order valence-corrected chi connectivity index (χ1v) is 16.0. The first-order chi connectivity index (χ1) is 22.7. The van der Waals surface area contributed by atoms with Crippen molar-refractivity contribution in [1.82, 2.24) is 24.8 Å². The standard InChI is InChI=1S/C37H37N7O3/c1-37(2,3)47-36(46)44-17-15-24-19-29(24)32(44)35(45)41-27-18-25(20-38-21-27)33-42-30-14-9-13-28(23-10-5-4-6-11-23)31(30)34(43-33)40-22-26-12-7-8-16-39-26/h4-14,16,18,20-21,24,29,32H,15,17,19,22H2,1-3H3,(H,41,45)(H,40,42,43)/t24?,29?,32-/m0/s1. The summed E-state index contributed by atoms with van der Waals surface area (Å²) in [5.41, 5.74) is 4.22. The lowest BCUT2D eigenvalue weighted by Gasteiger charge is -2.35. The SMILES string of the molecule is CC(C)(C)OC(=O)N1CCC2CC2[C@H]1C(=O)Nc1cncc(-c2nc(NCc3ccccn3)c3c(-c4ccccc4)cccc3n2)c1. The average Bonchev–Trinajstić information content (AvgIpc) is 3.86. The number of rotatable bonds is 7. The molecule has 1 aliphatic carbocycles. The highest BCUT2D eigenvalue weighted by Crippen LogP contribution is 2.49. The van der Waals surface area contributed by atoms with E-state index in [1.165, 1.54) is 0 Å². The summed E-state index contributed by atoms with van der Waals surface area (Å²) >= 11 is 0. The molecule has 2 unspecified atom stereocenters. The Bertz CT molecular complexity index is 1930. The second-order valence-electron chi connectivity index (χ2n) is 13.2. The number of pyridine rings is 2. The maximum Gasteiger partial charge on any atom is 0.410 e. The van der Waals surface area contributed by atoms with Gasteiger partial charge in [-0.15, -0.1) is 0 Å². The van der Waals surface area contributed by atoms with Crippen molar-refractivity contribution >= 4 is 34.4 Å². The van der Waals surface area contributed by atoms with Gasteiger partial charge in [0, 0.05) is 24.5 Å². The number of amides is 2. The van der Waals surface area contributed by atoms with E-state index in [1.807, 2.05) is 75.4 Å². The first-order valence-electron chi connectivity index (χ1n) is 16.0. The third-order valence-corrected chi connectivity index (χ3v) is 8.59. The summed E-state index contributed by atoms with van der Waals surface area (Å²) in [5, 5.41) is 7.42. The van der Waals surface area contributed by atoms with Gasteiger partial charge in [0.05, 0.1) is 35.0 Å². The predicted molar refractivity (Wildman–Crippen MR) is 181 cm³/mol. The molecular formula is C37H37N7O3. The first kappa shape index (κ1) is 30.3. The lowest BCUT2D eigenvalue weighted by atomic mass is 10.0. The van der Waals surface area contributed by atoms with Gasteiger partial charge in [0.1, 0.15) is 17.5 Å². The molecule has 0 spiro atoms. The summed E-state index contributed by atoms with van der Waals surface area (Å²) in [6, 6.07) is 23.2. The van der Waals surface area contributed by atoms with Crippen LogP contribution in [-0.2, 0) is 16.1 Å². The molecule has 3 atom stereocenters. The number of nitrogens with zero attached hydrogens (tertiary/aromatic N) is 5. The highest BCUT2D eigenvalue weighted by Gasteiger charge is 2.53. The van der Waals surface area contributed by atoms with Gasteiger partial charge in [-0.25, -0.2) is 14.8 Å². The van der Waals surface area contributed by atoms with E-state index < -0.39 is 17.7 Å². The topological polar surface area (TPSA) is 122 Å². The quantitative estimate of drug-likeness (QED) is 0.199. The van der Waals surface area contributed by atoms with Crippen LogP contribution in [0.1, 0.15) is 39.3 Å². The molecule has 10 nitrogen and oxygen atoms in total. The van der Waals surface area contributed by atoms with E-state index >= 15 is 0 Å². The fraction of sp³-hybridized carbons (Fsp3) is 0.297. The number of aromatic nitrogens is 4. The van der Waals surface area contributed by atoms with Gasteiger partial charge in [-0.2, -0.15) is 0 Å². The van der Waals surface area contributed by atoms with Gasteiger partial charge in [-0.1, -0.05) is 48.5 Å². The molecule has 2 N–H and O–H groups in total. The van der Waals surface area contributed by atoms with Crippen LogP contribution >= 0.6 is 0 Å². The van der Waals surface area contributed by atoms with Crippen LogP contribution in [0.2, 0.25) is 0 Å². The molecule has 5 aromatic rings. The molecule has 0 radical (unpaired) electrons. The molecule has 1 saturated heterocycles. The number of carbonyl (C=O) groups excluding carboxylic acids is 2. The normalized spacial score (nSPS) is 18.7. The Morgan fingerprint density at radius 1 is 0.957 bits per heavy atom. The zero-order valence-electron chi connectivity index (χ0n) is 26.7. The number of hydrogen-bond donors (Lipinski definition) is 2. The minimum Gasteiger partial charge on any atom is -0.444 e. The largest absolute Gasteiger partial charge is 0.444 e. The van der Waals surface area contributed by atoms with Crippen molar-refractivity contribution in [3.05, 3.63) is 97.1 Å². The molecule has 4 heterocycles. The monoisotopic (exact) mass is 627 g/mol. The van der Waals surface area contributed by atoms with E-state index in [4.69, 9.17) is 14.7 Å². The molecule has 2 aromatic carbocycles. The van der Waals surface area contributed by atoms with Crippen molar-refractivity contribution in [1.29, 1.82) is 0 Å². The molecule has 7 rings (SSSR count). The Morgan fingerprint density at radius 3 is 2.57 bits per heavy atom. The van der Waals surface area contributed by atoms with Crippen LogP contribution in [0.3, 0.4) is 0 Å². The molecular weight excluding hydrogens is 590 g/mol. The second-order valence-corrected chi connectivity index (χ2v) is 13.2. The van der Waals surface area contributed by atoms with E-state index in [0.717, 1.165) is 40.6 Å². The van der Waals surface area contributed by atoms with Crippen LogP contribution in [-0.4, -0.2) is 55.0 Å². The van der Waals surface area contributed by atoms with Crippen molar-refractivity contribution in [2.75, 3.05) is 17.2 Å². The van der Waals surface area contributed by atoms with Gasteiger partial charge in [-0.3, -0.25) is 19.7 Å². The van der Waals surface area contributed by atoms with Gasteiger partial charge in [0.15, 0.2) is 5.82 Å². The van der Waals surface area contributed by atoms with Gasteiger partial charge < -0.3 is 15.4 Å². The number of anilines is 2. The van der Waals surface area contributed by atoms with E-state index in [0.29, 0.717) is 41.9 Å². The van der Waals surface area contributed by atoms with Gasteiger partial charge in [0.2, 0.25) is 5.91 Å². The number of hydrogen-bond acceptors (Lipinski definition) is 8. The zero-order chi connectivity index (χ0) is 32.5. The molecule has 47 heavy (non-hydrogen) atoms. The highest BCUT2D eigenvalue weighted by molar-refractivity contribution is 6.03. The molecule has 1 aliphatic heterocycles. The van der Waals surface area contributed by atoms with Crippen molar-refractivity contribution < 1.29 is 14.3 Å². The Kier molecular flexibility index (Phi) is 8.01. The number of fused-ring (bicyclic) bond motifs is 2. The van der Waals surface area contributed by atoms with E-state index in [-0.39, 0.29) is 11.8 Å². The van der Waals surface area contributed by atoms with Gasteiger partial charge in [0.25, 0.3) is 0 Å². The summed E-state index contributed by atoms with van der Waals surface area (Å²) in [7, 11) is 0. The van der Waals surface area contributed by atoms with Crippen LogP contribution in [0.25, 0.3) is 33.4 Å². The van der Waals surface area contributed by atoms with Crippen LogP contribution < -0.4 is 10.6 Å². The highest BCUT2D eigenvalue weighted by atomic mass is 16.6. The predicted octanol–water partition coefficient (Wildman–Crippen LogP) is 6.95. The summed E-state index contributed by atoms with van der Waals surface area (Å²) in [6.07, 6.45) is 6.41. The number of nitrogens with one attached hydrogen (secondary N) is 2. The molecule has 10 heteroatoms. The second kappa shape index (κ2) is 12.4. The summed E-state index contributed by atoms with van der Waals surface area (Å²) < 4.78 is 5.65. The fourth-order valence-electron chi connectivity index (χ4n) is 6.35. The molecule has 2 amide bonds. The Morgan fingerprint density at radius 2 is 1.79 bits per heavy atom. The minimum absolute atomic E-state index is 0.128. The van der Waals surface area contributed by atoms with Crippen molar-refractivity contribution in [2.45, 2.75) is 51.8 Å². The van der Waals surface area contributed by atoms with Crippen LogP contribution in [0, 0.1) is 11.8 Å². The lowest BCUT2D eigenvalue weighted by molar-refractivity contribution is -0.123. The van der Waals surface area contributed by atoms with E-state index in [9.17, 15) is 9.59 Å². The smallest absolute Gasteiger partial charge is 0.410 e. The van der Waals surface area contributed by atoms with E-state index in [1.54, 1.807) is 23.5 Å². The van der Waals surface area contributed by atoms with Crippen LogP contribution in [0.5, 0.6) is 0 Å². The average molecular weight is 628 g/mol. The van der Waals surface area contributed by atoms with Crippen molar-refractivity contribution in [2.24, 2.45) is 11.8 Å². The number of likely N-dealkylation sites (tertiary alicyclic amines) is 1.